The van der Waals surface area contributed by atoms with Crippen LogP contribution < -0.4 is 25.0 Å². The zero-order valence-corrected chi connectivity index (χ0v) is 16.3. The van der Waals surface area contributed by atoms with Gasteiger partial charge in [-0.05, 0) is 19.1 Å². The number of anilines is 2. The van der Waals surface area contributed by atoms with E-state index in [1.807, 2.05) is 31.2 Å². The SMILES string of the molecule is CC1Oc2ccccc2OC1C(=O)NCCNc1cc(N2CCOCC2)ncn1. The van der Waals surface area contributed by atoms with Gasteiger partial charge in [0.05, 0.1) is 13.2 Å². The van der Waals surface area contributed by atoms with Gasteiger partial charge in [0.1, 0.15) is 24.1 Å². The molecule has 2 aliphatic heterocycles. The van der Waals surface area contributed by atoms with E-state index in [0.29, 0.717) is 37.8 Å². The third-order valence-electron chi connectivity index (χ3n) is 4.82. The summed E-state index contributed by atoms with van der Waals surface area (Å²) in [6, 6.07) is 9.26. The number of nitrogens with zero attached hydrogens (tertiary/aromatic N) is 3. The fourth-order valence-corrected chi connectivity index (χ4v) is 3.29. The Balaban J connectivity index is 1.25. The highest BCUT2D eigenvalue weighted by atomic mass is 16.6. The summed E-state index contributed by atoms with van der Waals surface area (Å²) in [6.07, 6.45) is 0.491. The number of morpholine rings is 1. The van der Waals surface area contributed by atoms with E-state index in [1.165, 1.54) is 6.33 Å². The van der Waals surface area contributed by atoms with Gasteiger partial charge in [-0.1, -0.05) is 12.1 Å². The van der Waals surface area contributed by atoms with Gasteiger partial charge in [-0.3, -0.25) is 4.79 Å². The molecule has 9 nitrogen and oxygen atoms in total. The van der Waals surface area contributed by atoms with E-state index in [4.69, 9.17) is 14.2 Å². The Labute approximate surface area is 169 Å². The number of hydrogen-bond acceptors (Lipinski definition) is 8. The summed E-state index contributed by atoms with van der Waals surface area (Å²) in [6.45, 7) is 5.83. The Bertz CT molecular complexity index is 843. The highest BCUT2D eigenvalue weighted by Crippen LogP contribution is 2.33. The average Bonchev–Trinajstić information content (AvgIpc) is 2.77. The molecule has 2 aliphatic rings. The van der Waals surface area contributed by atoms with Crippen LogP contribution in [0.4, 0.5) is 11.6 Å². The Hall–Kier alpha value is -3.07. The number of carbonyl (C=O) groups is 1. The van der Waals surface area contributed by atoms with Gasteiger partial charge in [0, 0.05) is 32.2 Å². The molecule has 2 unspecified atom stereocenters. The van der Waals surface area contributed by atoms with Gasteiger partial charge in [-0.2, -0.15) is 0 Å². The first kappa shape index (κ1) is 19.3. The van der Waals surface area contributed by atoms with Gasteiger partial charge in [0.25, 0.3) is 5.91 Å². The van der Waals surface area contributed by atoms with E-state index in [0.717, 1.165) is 24.7 Å². The first-order valence-electron chi connectivity index (χ1n) is 9.79. The van der Waals surface area contributed by atoms with Gasteiger partial charge in [0.15, 0.2) is 11.5 Å². The molecule has 1 aromatic carbocycles. The van der Waals surface area contributed by atoms with Crippen molar-refractivity contribution < 1.29 is 19.0 Å². The maximum absolute atomic E-state index is 12.5. The number of hydrogen-bond donors (Lipinski definition) is 2. The lowest BCUT2D eigenvalue weighted by molar-refractivity contribution is -0.133. The summed E-state index contributed by atoms with van der Waals surface area (Å²) in [5.41, 5.74) is 0. The van der Waals surface area contributed by atoms with E-state index in [9.17, 15) is 4.79 Å². The molecule has 0 saturated carbocycles. The van der Waals surface area contributed by atoms with Crippen molar-refractivity contribution in [2.24, 2.45) is 0 Å². The number of para-hydroxylation sites is 2. The zero-order valence-electron chi connectivity index (χ0n) is 16.3. The summed E-state index contributed by atoms with van der Waals surface area (Å²) in [7, 11) is 0. The number of aromatic nitrogens is 2. The topological polar surface area (TPSA) is 97.8 Å². The molecule has 1 fully saturated rings. The van der Waals surface area contributed by atoms with Crippen LogP contribution in [-0.2, 0) is 9.53 Å². The van der Waals surface area contributed by atoms with Crippen molar-refractivity contribution in [1.82, 2.24) is 15.3 Å². The van der Waals surface area contributed by atoms with Crippen LogP contribution in [0.5, 0.6) is 11.5 Å². The number of rotatable bonds is 6. The lowest BCUT2D eigenvalue weighted by Gasteiger charge is -2.31. The molecule has 0 spiro atoms. The van der Waals surface area contributed by atoms with Crippen LogP contribution in [0.15, 0.2) is 36.7 Å². The number of carbonyl (C=O) groups excluding carboxylic acids is 1. The standard InChI is InChI=1S/C20H25N5O4/c1-14-19(29-16-5-3-2-4-15(16)28-14)20(26)22-7-6-21-17-12-18(24-13-23-17)25-8-10-27-11-9-25/h2-5,12-14,19H,6-11H2,1H3,(H,22,26)(H,21,23,24). The summed E-state index contributed by atoms with van der Waals surface area (Å²) >= 11 is 0. The predicted molar refractivity (Wildman–Crippen MR) is 108 cm³/mol. The molecular weight excluding hydrogens is 374 g/mol. The van der Waals surface area contributed by atoms with E-state index < -0.39 is 6.10 Å². The summed E-state index contributed by atoms with van der Waals surface area (Å²) in [5, 5.41) is 6.10. The second-order valence-corrected chi connectivity index (χ2v) is 6.89. The molecule has 1 saturated heterocycles. The third kappa shape index (κ3) is 4.68. The first-order chi connectivity index (χ1) is 14.2. The minimum Gasteiger partial charge on any atom is -0.482 e. The summed E-state index contributed by atoms with van der Waals surface area (Å²) in [4.78, 5) is 23.2. The normalized spacial score (nSPS) is 20.8. The minimum atomic E-state index is -0.683. The molecule has 29 heavy (non-hydrogen) atoms. The Kier molecular flexibility index (Phi) is 5.95. The quantitative estimate of drug-likeness (QED) is 0.696. The largest absolute Gasteiger partial charge is 0.482 e. The summed E-state index contributed by atoms with van der Waals surface area (Å²) in [5.74, 6) is 2.63. The van der Waals surface area contributed by atoms with Crippen molar-refractivity contribution in [3.8, 4) is 11.5 Å². The van der Waals surface area contributed by atoms with E-state index in [1.54, 1.807) is 6.07 Å². The second kappa shape index (κ2) is 8.95. The van der Waals surface area contributed by atoms with Crippen molar-refractivity contribution in [2.75, 3.05) is 49.6 Å². The molecule has 0 bridgehead atoms. The van der Waals surface area contributed by atoms with Gasteiger partial charge >= 0.3 is 0 Å². The number of amides is 1. The Morgan fingerprint density at radius 3 is 2.69 bits per heavy atom. The van der Waals surface area contributed by atoms with Gasteiger partial charge in [0.2, 0.25) is 6.10 Å². The molecule has 1 aromatic heterocycles. The highest BCUT2D eigenvalue weighted by molar-refractivity contribution is 5.82. The number of benzene rings is 1. The van der Waals surface area contributed by atoms with Gasteiger partial charge in [-0.25, -0.2) is 9.97 Å². The van der Waals surface area contributed by atoms with Crippen LogP contribution in [0.2, 0.25) is 0 Å². The molecule has 9 heteroatoms. The molecule has 2 aromatic rings. The van der Waals surface area contributed by atoms with Crippen LogP contribution in [0.25, 0.3) is 0 Å². The second-order valence-electron chi connectivity index (χ2n) is 6.89. The fraction of sp³-hybridized carbons (Fsp3) is 0.450. The fourth-order valence-electron chi connectivity index (χ4n) is 3.29. The first-order valence-corrected chi connectivity index (χ1v) is 9.79. The van der Waals surface area contributed by atoms with Crippen molar-refractivity contribution >= 4 is 17.5 Å². The monoisotopic (exact) mass is 399 g/mol. The Morgan fingerprint density at radius 1 is 1.14 bits per heavy atom. The lowest BCUT2D eigenvalue weighted by atomic mass is 10.1. The van der Waals surface area contributed by atoms with Crippen LogP contribution in [-0.4, -0.2) is 67.5 Å². The molecule has 2 atom stereocenters. The maximum Gasteiger partial charge on any atom is 0.265 e. The number of ether oxygens (including phenoxy) is 3. The van der Waals surface area contributed by atoms with Crippen LogP contribution in [0.1, 0.15) is 6.92 Å². The average molecular weight is 399 g/mol. The van der Waals surface area contributed by atoms with Crippen molar-refractivity contribution in [3.05, 3.63) is 36.7 Å². The predicted octanol–water partition coefficient (Wildman–Crippen LogP) is 1.07. The van der Waals surface area contributed by atoms with Crippen LogP contribution in [0.3, 0.4) is 0 Å². The van der Waals surface area contributed by atoms with Crippen molar-refractivity contribution in [2.45, 2.75) is 19.1 Å². The minimum absolute atomic E-state index is 0.203. The lowest BCUT2D eigenvalue weighted by Crippen LogP contribution is -2.49. The van der Waals surface area contributed by atoms with E-state index in [-0.39, 0.29) is 12.0 Å². The molecule has 3 heterocycles. The highest BCUT2D eigenvalue weighted by Gasteiger charge is 2.33. The van der Waals surface area contributed by atoms with Crippen molar-refractivity contribution in [1.29, 1.82) is 0 Å². The summed E-state index contributed by atoms with van der Waals surface area (Å²) < 4.78 is 17.0. The smallest absolute Gasteiger partial charge is 0.265 e. The van der Waals surface area contributed by atoms with Gasteiger partial charge in [-0.15, -0.1) is 0 Å². The molecule has 154 valence electrons. The Morgan fingerprint density at radius 2 is 1.90 bits per heavy atom. The number of nitrogens with one attached hydrogen (secondary N) is 2. The molecule has 1 amide bonds. The van der Waals surface area contributed by atoms with Crippen LogP contribution in [0, 0.1) is 0 Å². The molecule has 4 rings (SSSR count). The third-order valence-corrected chi connectivity index (χ3v) is 4.82. The van der Waals surface area contributed by atoms with E-state index in [2.05, 4.69) is 25.5 Å². The van der Waals surface area contributed by atoms with Crippen molar-refractivity contribution in [3.63, 3.8) is 0 Å². The molecular formula is C20H25N5O4. The van der Waals surface area contributed by atoms with Gasteiger partial charge < -0.3 is 29.7 Å². The molecule has 0 aliphatic carbocycles. The van der Waals surface area contributed by atoms with Crippen LogP contribution >= 0.6 is 0 Å². The molecule has 0 radical (unpaired) electrons. The molecule has 2 N–H and O–H groups in total. The van der Waals surface area contributed by atoms with E-state index >= 15 is 0 Å². The zero-order chi connectivity index (χ0) is 20.1. The maximum atomic E-state index is 12.5. The number of fused-ring (bicyclic) bond motifs is 1.